The summed E-state index contributed by atoms with van der Waals surface area (Å²) in [6.07, 6.45) is 7.77. The molecule has 7 heteroatoms. The molecular weight excluding hydrogens is 358 g/mol. The van der Waals surface area contributed by atoms with Gasteiger partial charge in [0.15, 0.2) is 0 Å². The van der Waals surface area contributed by atoms with Crippen LogP contribution < -0.4 is 0 Å². The van der Waals surface area contributed by atoms with Gasteiger partial charge in [0, 0.05) is 24.7 Å². The van der Waals surface area contributed by atoms with Crippen LogP contribution in [0, 0.1) is 6.92 Å². The zero-order chi connectivity index (χ0) is 18.4. The van der Waals surface area contributed by atoms with Gasteiger partial charge in [0.1, 0.15) is 5.82 Å². The van der Waals surface area contributed by atoms with Gasteiger partial charge in [0.2, 0.25) is 0 Å². The smallest absolute Gasteiger partial charge is 0.257 e. The van der Waals surface area contributed by atoms with E-state index in [0.29, 0.717) is 5.56 Å². The minimum Gasteiger partial charge on any atom is -0.338 e. The van der Waals surface area contributed by atoms with Crippen molar-refractivity contribution in [2.45, 2.75) is 38.0 Å². The van der Waals surface area contributed by atoms with E-state index in [1.165, 1.54) is 5.56 Å². The van der Waals surface area contributed by atoms with Crippen molar-refractivity contribution in [3.8, 4) is 10.6 Å². The lowest BCUT2D eigenvalue weighted by molar-refractivity contribution is 0.0634. The van der Waals surface area contributed by atoms with Crippen LogP contribution in [0.2, 0.25) is 0 Å². The van der Waals surface area contributed by atoms with E-state index in [4.69, 9.17) is 4.98 Å². The van der Waals surface area contributed by atoms with Crippen LogP contribution in [0.25, 0.3) is 10.6 Å². The minimum absolute atomic E-state index is 0.0240. The lowest BCUT2D eigenvalue weighted by Gasteiger charge is -2.40. The van der Waals surface area contributed by atoms with Crippen molar-refractivity contribution in [2.24, 2.45) is 0 Å². The molecule has 1 N–H and O–H groups in total. The van der Waals surface area contributed by atoms with Crippen LogP contribution in [0.5, 0.6) is 0 Å². The highest BCUT2D eigenvalue weighted by molar-refractivity contribution is 7.13. The van der Waals surface area contributed by atoms with Crippen molar-refractivity contribution >= 4 is 17.2 Å². The number of carbonyl (C=O) groups is 1. The standard InChI is InChI=1S/C20H21N5OS/c1-13-21-10-14-5-7-20(18(14)23-13)6-3-8-25(12-20)19(26)15-11-22-24-17(15)16-4-2-9-27-16/h2,4,9-11H,3,5-8,12H2,1H3,(H,22,24). The number of aromatic amines is 1. The molecular formula is C20H21N5OS. The second-order valence-corrected chi connectivity index (χ2v) is 8.49. The second kappa shape index (κ2) is 6.27. The van der Waals surface area contributed by atoms with Gasteiger partial charge in [0.25, 0.3) is 5.91 Å². The Bertz CT molecular complexity index is 992. The predicted octanol–water partition coefficient (Wildman–Crippen LogP) is 3.36. The van der Waals surface area contributed by atoms with Gasteiger partial charge in [-0.2, -0.15) is 5.10 Å². The summed E-state index contributed by atoms with van der Waals surface area (Å²) in [6.45, 7) is 3.45. The number of rotatable bonds is 2. The molecule has 1 fully saturated rings. The molecule has 27 heavy (non-hydrogen) atoms. The maximum atomic E-state index is 13.3. The van der Waals surface area contributed by atoms with Crippen LogP contribution in [0.15, 0.2) is 29.9 Å². The molecule has 1 unspecified atom stereocenters. The van der Waals surface area contributed by atoms with Gasteiger partial charge < -0.3 is 4.90 Å². The van der Waals surface area contributed by atoms with E-state index in [-0.39, 0.29) is 11.3 Å². The molecule has 2 aliphatic rings. The number of H-pyrrole nitrogens is 1. The molecule has 0 saturated carbocycles. The summed E-state index contributed by atoms with van der Waals surface area (Å²) in [7, 11) is 0. The highest BCUT2D eigenvalue weighted by Gasteiger charge is 2.45. The van der Waals surface area contributed by atoms with Gasteiger partial charge in [-0.05, 0) is 49.6 Å². The van der Waals surface area contributed by atoms with Gasteiger partial charge in [-0.1, -0.05) is 6.07 Å². The molecule has 1 saturated heterocycles. The van der Waals surface area contributed by atoms with E-state index in [0.717, 1.165) is 60.9 Å². The lowest BCUT2D eigenvalue weighted by Crippen LogP contribution is -2.48. The summed E-state index contributed by atoms with van der Waals surface area (Å²) >= 11 is 1.61. The van der Waals surface area contributed by atoms with E-state index >= 15 is 0 Å². The van der Waals surface area contributed by atoms with E-state index in [9.17, 15) is 4.79 Å². The molecule has 3 aromatic heterocycles. The zero-order valence-corrected chi connectivity index (χ0v) is 16.1. The van der Waals surface area contributed by atoms with Crippen LogP contribution in [0.4, 0.5) is 0 Å². The van der Waals surface area contributed by atoms with Crippen molar-refractivity contribution in [2.75, 3.05) is 13.1 Å². The van der Waals surface area contributed by atoms with E-state index in [1.807, 2.05) is 35.5 Å². The number of aryl methyl sites for hydroxylation is 2. The number of nitrogens with one attached hydrogen (secondary N) is 1. The predicted molar refractivity (Wildman–Crippen MR) is 104 cm³/mol. The number of hydrogen-bond donors (Lipinski definition) is 1. The number of fused-ring (bicyclic) bond motifs is 2. The topological polar surface area (TPSA) is 74.8 Å². The van der Waals surface area contributed by atoms with Crippen molar-refractivity contribution in [1.82, 2.24) is 25.1 Å². The third-order valence-corrected chi connectivity index (χ3v) is 6.75. The molecule has 0 aromatic carbocycles. The van der Waals surface area contributed by atoms with Crippen LogP contribution in [0.1, 0.15) is 46.7 Å². The molecule has 6 nitrogen and oxygen atoms in total. The van der Waals surface area contributed by atoms with Crippen LogP contribution in [-0.4, -0.2) is 44.1 Å². The molecule has 138 valence electrons. The first-order valence-corrected chi connectivity index (χ1v) is 10.2. The Labute approximate surface area is 161 Å². The van der Waals surface area contributed by atoms with E-state index in [2.05, 4.69) is 15.2 Å². The molecule has 1 amide bonds. The number of nitrogens with zero attached hydrogens (tertiary/aromatic N) is 4. The lowest BCUT2D eigenvalue weighted by atomic mass is 9.77. The fourth-order valence-corrected chi connectivity index (χ4v) is 5.29. The molecule has 0 bridgehead atoms. The summed E-state index contributed by atoms with van der Waals surface area (Å²) in [5.74, 6) is 0.874. The van der Waals surface area contributed by atoms with Crippen LogP contribution in [-0.2, 0) is 11.8 Å². The first kappa shape index (κ1) is 16.6. The third-order valence-electron chi connectivity index (χ3n) is 5.86. The van der Waals surface area contributed by atoms with Gasteiger partial charge in [-0.3, -0.25) is 9.89 Å². The van der Waals surface area contributed by atoms with Crippen molar-refractivity contribution in [3.63, 3.8) is 0 Å². The van der Waals surface area contributed by atoms with Crippen LogP contribution in [0.3, 0.4) is 0 Å². The minimum atomic E-state index is -0.0240. The van der Waals surface area contributed by atoms with Gasteiger partial charge in [0.05, 0.1) is 28.0 Å². The Morgan fingerprint density at radius 1 is 1.33 bits per heavy atom. The first-order valence-electron chi connectivity index (χ1n) is 9.36. The average Bonchev–Trinajstić information content (AvgIpc) is 3.42. The Hall–Kier alpha value is -2.54. The maximum Gasteiger partial charge on any atom is 0.257 e. The van der Waals surface area contributed by atoms with Crippen molar-refractivity contribution in [1.29, 1.82) is 0 Å². The SMILES string of the molecule is Cc1ncc2c(n1)C1(CCCN(C(=O)c3cn[nH]c3-c3cccs3)C1)CC2. The fraction of sp³-hybridized carbons (Fsp3) is 0.400. The van der Waals surface area contributed by atoms with Crippen molar-refractivity contribution in [3.05, 3.63) is 52.6 Å². The van der Waals surface area contributed by atoms with E-state index < -0.39 is 0 Å². The quantitative estimate of drug-likeness (QED) is 0.741. The number of likely N-dealkylation sites (tertiary alicyclic amines) is 1. The number of carbonyl (C=O) groups excluding carboxylic acids is 1. The zero-order valence-electron chi connectivity index (χ0n) is 15.2. The Morgan fingerprint density at radius 3 is 3.11 bits per heavy atom. The monoisotopic (exact) mass is 379 g/mol. The molecule has 1 aliphatic carbocycles. The summed E-state index contributed by atoms with van der Waals surface area (Å²) in [6, 6.07) is 4.00. The molecule has 0 radical (unpaired) electrons. The normalized spacial score (nSPS) is 21.6. The fourth-order valence-electron chi connectivity index (χ4n) is 4.56. The Balaban J connectivity index is 1.46. The Morgan fingerprint density at radius 2 is 2.26 bits per heavy atom. The largest absolute Gasteiger partial charge is 0.338 e. The molecule has 1 aliphatic heterocycles. The summed E-state index contributed by atoms with van der Waals surface area (Å²) < 4.78 is 0. The number of aromatic nitrogens is 4. The molecule has 4 heterocycles. The Kier molecular flexibility index (Phi) is 3.86. The number of amides is 1. The summed E-state index contributed by atoms with van der Waals surface area (Å²) in [5, 5.41) is 9.16. The number of thiophene rings is 1. The van der Waals surface area contributed by atoms with Gasteiger partial charge >= 0.3 is 0 Å². The third kappa shape index (κ3) is 2.68. The maximum absolute atomic E-state index is 13.3. The first-order chi connectivity index (χ1) is 13.2. The van der Waals surface area contributed by atoms with Crippen LogP contribution >= 0.6 is 11.3 Å². The highest BCUT2D eigenvalue weighted by Crippen LogP contribution is 2.44. The van der Waals surface area contributed by atoms with Gasteiger partial charge in [-0.15, -0.1) is 11.3 Å². The number of piperidine rings is 1. The highest BCUT2D eigenvalue weighted by atomic mass is 32.1. The molecule has 1 spiro atoms. The summed E-state index contributed by atoms with van der Waals surface area (Å²) in [5.41, 5.74) is 3.87. The number of hydrogen-bond acceptors (Lipinski definition) is 5. The summed E-state index contributed by atoms with van der Waals surface area (Å²) in [4.78, 5) is 25.5. The second-order valence-electron chi connectivity index (χ2n) is 7.54. The molecule has 3 aromatic rings. The van der Waals surface area contributed by atoms with Crippen molar-refractivity contribution < 1.29 is 4.79 Å². The van der Waals surface area contributed by atoms with E-state index in [1.54, 1.807) is 17.5 Å². The molecule has 1 atom stereocenters. The van der Waals surface area contributed by atoms with Gasteiger partial charge in [-0.25, -0.2) is 9.97 Å². The average molecular weight is 379 g/mol. The molecule has 5 rings (SSSR count).